The van der Waals surface area contributed by atoms with Gasteiger partial charge in [-0.1, -0.05) is 15.9 Å². The van der Waals surface area contributed by atoms with Crippen molar-refractivity contribution in [2.24, 2.45) is 0 Å². The van der Waals surface area contributed by atoms with Crippen LogP contribution in [0.4, 0.5) is 4.39 Å². The van der Waals surface area contributed by atoms with Gasteiger partial charge < -0.3 is 9.47 Å². The van der Waals surface area contributed by atoms with Crippen LogP contribution in [0.25, 0.3) is 0 Å². The van der Waals surface area contributed by atoms with Crippen molar-refractivity contribution >= 4 is 21.9 Å². The van der Waals surface area contributed by atoms with Gasteiger partial charge in [0.1, 0.15) is 11.4 Å². The molecule has 0 aromatic heterocycles. The molecule has 0 aliphatic carbocycles. The summed E-state index contributed by atoms with van der Waals surface area (Å²) >= 11 is 3.27. The molecule has 1 N–H and O–H groups in total. The summed E-state index contributed by atoms with van der Waals surface area (Å²) in [7, 11) is 2.82. The van der Waals surface area contributed by atoms with E-state index in [9.17, 15) is 9.18 Å². The fourth-order valence-corrected chi connectivity index (χ4v) is 2.13. The molecule has 0 saturated carbocycles. The second-order valence-corrected chi connectivity index (χ2v) is 5.08. The molecule has 0 fully saturated rings. The fraction of sp³-hybridized carbons (Fsp3) is 0.462. The van der Waals surface area contributed by atoms with Gasteiger partial charge in [-0.25, -0.2) is 9.18 Å². The summed E-state index contributed by atoms with van der Waals surface area (Å²) in [5.74, 6) is -1.03. The summed E-state index contributed by atoms with van der Waals surface area (Å²) in [6.45, 7) is 2.38. The molecule has 0 amide bonds. The third-order valence-corrected chi connectivity index (χ3v) is 3.34. The van der Waals surface area contributed by atoms with E-state index < -0.39 is 17.3 Å². The quantitative estimate of drug-likeness (QED) is 0.640. The van der Waals surface area contributed by atoms with Crippen molar-refractivity contribution in [3.8, 4) is 0 Å². The Balaban J connectivity index is 3.14. The zero-order valence-electron chi connectivity index (χ0n) is 11.1. The Bertz CT molecular complexity index is 456. The molecule has 1 aromatic carbocycles. The van der Waals surface area contributed by atoms with E-state index in [0.717, 1.165) is 0 Å². The first-order valence-electron chi connectivity index (χ1n) is 5.73. The van der Waals surface area contributed by atoms with Crippen molar-refractivity contribution in [3.05, 3.63) is 34.1 Å². The van der Waals surface area contributed by atoms with Crippen LogP contribution in [0.1, 0.15) is 12.5 Å². The summed E-state index contributed by atoms with van der Waals surface area (Å²) in [4.78, 5) is 12.0. The first kappa shape index (κ1) is 16.1. The summed E-state index contributed by atoms with van der Waals surface area (Å²) in [6, 6.07) is 4.44. The average Bonchev–Trinajstić information content (AvgIpc) is 2.40. The molecule has 0 saturated heterocycles. The van der Waals surface area contributed by atoms with E-state index in [1.807, 2.05) is 0 Å². The Morgan fingerprint density at radius 3 is 2.74 bits per heavy atom. The van der Waals surface area contributed by atoms with Gasteiger partial charge in [-0.3, -0.25) is 5.32 Å². The van der Waals surface area contributed by atoms with E-state index in [2.05, 4.69) is 21.2 Å². The minimum absolute atomic E-state index is 0.227. The van der Waals surface area contributed by atoms with Crippen LogP contribution < -0.4 is 5.32 Å². The minimum atomic E-state index is -1.26. The van der Waals surface area contributed by atoms with Gasteiger partial charge in [0.05, 0.1) is 13.7 Å². The van der Waals surface area contributed by atoms with Gasteiger partial charge in [0.2, 0.25) is 0 Å². The normalized spacial score (nSPS) is 13.9. The van der Waals surface area contributed by atoms with Crippen LogP contribution in [0.15, 0.2) is 22.7 Å². The maximum absolute atomic E-state index is 14.0. The Labute approximate surface area is 120 Å². The van der Waals surface area contributed by atoms with Gasteiger partial charge >= 0.3 is 5.97 Å². The van der Waals surface area contributed by atoms with Gasteiger partial charge in [0.25, 0.3) is 0 Å². The van der Waals surface area contributed by atoms with Gasteiger partial charge in [-0.15, -0.1) is 0 Å². The van der Waals surface area contributed by atoms with E-state index in [1.54, 1.807) is 26.2 Å². The highest BCUT2D eigenvalue weighted by molar-refractivity contribution is 9.10. The highest BCUT2D eigenvalue weighted by Gasteiger charge is 2.38. The number of benzene rings is 1. The molecule has 0 bridgehead atoms. The first-order valence-corrected chi connectivity index (χ1v) is 6.53. The number of esters is 1. The largest absolute Gasteiger partial charge is 0.467 e. The Hall–Kier alpha value is -0.980. The average molecular weight is 334 g/mol. The third-order valence-electron chi connectivity index (χ3n) is 2.85. The number of ether oxygens (including phenoxy) is 2. The number of nitrogens with one attached hydrogen (secondary N) is 1. The first-order chi connectivity index (χ1) is 8.95. The predicted molar refractivity (Wildman–Crippen MR) is 73.3 cm³/mol. The fourth-order valence-electron chi connectivity index (χ4n) is 1.77. The van der Waals surface area contributed by atoms with Crippen LogP contribution in [-0.2, 0) is 19.8 Å². The third kappa shape index (κ3) is 3.75. The number of methoxy groups -OCH3 is 2. The van der Waals surface area contributed by atoms with Gasteiger partial charge in [0.15, 0.2) is 0 Å². The molecule has 0 radical (unpaired) electrons. The van der Waals surface area contributed by atoms with Crippen LogP contribution in [0.3, 0.4) is 0 Å². The Morgan fingerprint density at radius 2 is 2.16 bits per heavy atom. The SMILES string of the molecule is COCCNC(C)(C(=O)OC)c1cc(Br)ccc1F. The molecule has 0 aliphatic rings. The molecule has 19 heavy (non-hydrogen) atoms. The van der Waals surface area contributed by atoms with Gasteiger partial charge in [-0.05, 0) is 25.1 Å². The maximum Gasteiger partial charge on any atom is 0.330 e. The number of hydrogen-bond donors (Lipinski definition) is 1. The van der Waals surface area contributed by atoms with E-state index in [4.69, 9.17) is 9.47 Å². The van der Waals surface area contributed by atoms with Gasteiger partial charge in [-0.2, -0.15) is 0 Å². The van der Waals surface area contributed by atoms with E-state index in [-0.39, 0.29) is 5.56 Å². The summed E-state index contributed by atoms with van der Waals surface area (Å²) < 4.78 is 24.4. The Morgan fingerprint density at radius 1 is 1.47 bits per heavy atom. The lowest BCUT2D eigenvalue weighted by Crippen LogP contribution is -2.49. The highest BCUT2D eigenvalue weighted by Crippen LogP contribution is 2.27. The minimum Gasteiger partial charge on any atom is -0.467 e. The predicted octanol–water partition coefficient (Wildman–Crippen LogP) is 2.21. The zero-order valence-corrected chi connectivity index (χ0v) is 12.7. The maximum atomic E-state index is 14.0. The Kier molecular flexibility index (Phi) is 5.90. The second-order valence-electron chi connectivity index (χ2n) is 4.16. The molecular formula is C13H17BrFNO3. The van der Waals surface area contributed by atoms with Crippen molar-refractivity contribution in [3.63, 3.8) is 0 Å². The molecule has 1 unspecified atom stereocenters. The molecule has 6 heteroatoms. The summed E-state index contributed by atoms with van der Waals surface area (Å²) in [5.41, 5.74) is -1.04. The van der Waals surface area contributed by atoms with Gasteiger partial charge in [0, 0.05) is 23.7 Å². The van der Waals surface area contributed by atoms with Crippen molar-refractivity contribution in [1.82, 2.24) is 5.32 Å². The summed E-state index contributed by atoms with van der Waals surface area (Å²) in [6.07, 6.45) is 0. The van der Waals surface area contributed by atoms with Crippen molar-refractivity contribution in [2.75, 3.05) is 27.4 Å². The van der Waals surface area contributed by atoms with Crippen molar-refractivity contribution < 1.29 is 18.7 Å². The molecule has 0 spiro atoms. The smallest absolute Gasteiger partial charge is 0.330 e. The number of carbonyl (C=O) groups excluding carboxylic acids is 1. The highest BCUT2D eigenvalue weighted by atomic mass is 79.9. The number of carbonyl (C=O) groups is 1. The number of halogens is 2. The monoisotopic (exact) mass is 333 g/mol. The number of rotatable bonds is 6. The van der Waals surface area contributed by atoms with Crippen LogP contribution in [-0.4, -0.2) is 33.3 Å². The van der Waals surface area contributed by atoms with Crippen LogP contribution in [0.5, 0.6) is 0 Å². The molecule has 0 heterocycles. The molecule has 0 aliphatic heterocycles. The lowest BCUT2D eigenvalue weighted by molar-refractivity contribution is -0.148. The van der Waals surface area contributed by atoms with Crippen LogP contribution in [0, 0.1) is 5.82 Å². The molecule has 1 aromatic rings. The lowest BCUT2D eigenvalue weighted by atomic mass is 9.91. The molecule has 4 nitrogen and oxygen atoms in total. The molecule has 1 rings (SSSR count). The topological polar surface area (TPSA) is 47.6 Å². The van der Waals surface area contributed by atoms with Crippen molar-refractivity contribution in [2.45, 2.75) is 12.5 Å². The number of hydrogen-bond acceptors (Lipinski definition) is 4. The molecule has 1 atom stereocenters. The van der Waals surface area contributed by atoms with Crippen molar-refractivity contribution in [1.29, 1.82) is 0 Å². The lowest BCUT2D eigenvalue weighted by Gasteiger charge is -2.29. The van der Waals surface area contributed by atoms with Crippen LogP contribution >= 0.6 is 15.9 Å². The standard InChI is InChI=1S/C13H17BrFNO3/c1-13(12(17)19-3,16-6-7-18-2)10-8-9(14)4-5-11(10)15/h4-5,8,16H,6-7H2,1-3H3. The molecular weight excluding hydrogens is 317 g/mol. The van der Waals surface area contributed by atoms with Crippen LogP contribution in [0.2, 0.25) is 0 Å². The van der Waals surface area contributed by atoms with E-state index in [1.165, 1.54) is 13.2 Å². The zero-order chi connectivity index (χ0) is 14.5. The van der Waals surface area contributed by atoms with E-state index in [0.29, 0.717) is 17.6 Å². The van der Waals surface area contributed by atoms with E-state index >= 15 is 0 Å². The summed E-state index contributed by atoms with van der Waals surface area (Å²) in [5, 5.41) is 2.97. The second kappa shape index (κ2) is 6.98. The molecule has 106 valence electrons.